The quantitative estimate of drug-likeness (QED) is 0.861. The summed E-state index contributed by atoms with van der Waals surface area (Å²) in [5.41, 5.74) is 1.49. The maximum atomic E-state index is 8.87. The molecule has 1 heterocycles. The van der Waals surface area contributed by atoms with E-state index in [2.05, 4.69) is 10.3 Å². The summed E-state index contributed by atoms with van der Waals surface area (Å²) in [7, 11) is 0. The highest BCUT2D eigenvalue weighted by molar-refractivity contribution is 5.56. The predicted octanol–water partition coefficient (Wildman–Crippen LogP) is 2.03. The van der Waals surface area contributed by atoms with Crippen LogP contribution in [0.25, 0.3) is 0 Å². The van der Waals surface area contributed by atoms with Gasteiger partial charge in [-0.1, -0.05) is 0 Å². The van der Waals surface area contributed by atoms with Crippen LogP contribution in [-0.2, 0) is 6.54 Å². The second-order valence-electron chi connectivity index (χ2n) is 3.31. The lowest BCUT2D eigenvalue weighted by molar-refractivity contribution is 0.512. The van der Waals surface area contributed by atoms with E-state index in [9.17, 15) is 0 Å². The van der Waals surface area contributed by atoms with Gasteiger partial charge in [0.05, 0.1) is 23.9 Å². The second-order valence-corrected chi connectivity index (χ2v) is 3.31. The molecule has 0 aliphatic carbocycles. The van der Waals surface area contributed by atoms with Gasteiger partial charge in [0.15, 0.2) is 6.39 Å². The molecule has 2 aromatic rings. The zero-order chi connectivity index (χ0) is 12.1. The lowest BCUT2D eigenvalue weighted by atomic mass is 10.1. The van der Waals surface area contributed by atoms with Gasteiger partial charge in [-0.15, -0.1) is 0 Å². The summed E-state index contributed by atoms with van der Waals surface area (Å²) < 4.78 is 5.07. The summed E-state index contributed by atoms with van der Waals surface area (Å²) in [5, 5.41) is 20.7. The van der Waals surface area contributed by atoms with Crippen LogP contribution in [0.4, 0.5) is 5.69 Å². The fourth-order valence-corrected chi connectivity index (χ4v) is 1.36. The maximum Gasteiger partial charge on any atom is 0.180 e. The van der Waals surface area contributed by atoms with Crippen molar-refractivity contribution < 1.29 is 4.42 Å². The Morgan fingerprint density at radius 3 is 2.71 bits per heavy atom. The molecule has 0 spiro atoms. The molecule has 0 radical (unpaired) electrons. The number of hydrogen-bond acceptors (Lipinski definition) is 5. The number of aromatic nitrogens is 1. The van der Waals surface area contributed by atoms with Crippen LogP contribution in [0.1, 0.15) is 16.9 Å². The zero-order valence-electron chi connectivity index (χ0n) is 8.84. The van der Waals surface area contributed by atoms with Crippen molar-refractivity contribution in [3.8, 4) is 12.1 Å². The summed E-state index contributed by atoms with van der Waals surface area (Å²) in [6.07, 6.45) is 2.97. The molecule has 0 atom stereocenters. The molecule has 5 nitrogen and oxygen atoms in total. The Morgan fingerprint density at radius 1 is 1.24 bits per heavy atom. The van der Waals surface area contributed by atoms with Crippen molar-refractivity contribution in [2.75, 3.05) is 5.32 Å². The van der Waals surface area contributed by atoms with Gasteiger partial charge in [0.2, 0.25) is 0 Å². The van der Waals surface area contributed by atoms with Crippen LogP contribution in [0.15, 0.2) is 35.2 Å². The van der Waals surface area contributed by atoms with Crippen LogP contribution in [-0.4, -0.2) is 4.98 Å². The van der Waals surface area contributed by atoms with Crippen LogP contribution in [0.5, 0.6) is 0 Å². The van der Waals surface area contributed by atoms with Gasteiger partial charge >= 0.3 is 0 Å². The number of rotatable bonds is 3. The number of benzene rings is 1. The summed E-state index contributed by atoms with van der Waals surface area (Å²) in [6.45, 7) is 0.483. The lowest BCUT2D eigenvalue weighted by Gasteiger charge is -2.04. The van der Waals surface area contributed by atoms with Crippen molar-refractivity contribution in [1.82, 2.24) is 4.98 Å². The molecule has 1 N–H and O–H groups in total. The van der Waals surface area contributed by atoms with Crippen LogP contribution in [0.3, 0.4) is 0 Å². The molecule has 2 rings (SSSR count). The molecule has 0 saturated heterocycles. The Kier molecular flexibility index (Phi) is 3.04. The minimum atomic E-state index is 0.357. The number of oxazole rings is 1. The molecular weight excluding hydrogens is 216 g/mol. The van der Waals surface area contributed by atoms with Gasteiger partial charge in [-0.2, -0.15) is 10.5 Å². The molecule has 82 valence electrons. The van der Waals surface area contributed by atoms with Crippen molar-refractivity contribution >= 4 is 5.69 Å². The van der Waals surface area contributed by atoms with Crippen molar-refractivity contribution in [3.63, 3.8) is 0 Å². The minimum absolute atomic E-state index is 0.357. The third-order valence-corrected chi connectivity index (χ3v) is 2.21. The number of anilines is 1. The third-order valence-electron chi connectivity index (χ3n) is 2.21. The van der Waals surface area contributed by atoms with E-state index in [4.69, 9.17) is 14.9 Å². The fraction of sp³-hybridized carbons (Fsp3) is 0.0833. The second kappa shape index (κ2) is 4.82. The molecule has 0 bridgehead atoms. The standard InChI is InChI=1S/C12H8N4O/c13-4-9-1-2-11(3-10(9)5-14)16-7-12-6-15-8-17-12/h1-3,6,8,16H,7H2. The fourth-order valence-electron chi connectivity index (χ4n) is 1.36. The first-order valence-corrected chi connectivity index (χ1v) is 4.89. The van der Waals surface area contributed by atoms with E-state index in [0.717, 1.165) is 5.69 Å². The largest absolute Gasteiger partial charge is 0.447 e. The number of nitrogens with zero attached hydrogens (tertiary/aromatic N) is 3. The molecule has 17 heavy (non-hydrogen) atoms. The Hall–Kier alpha value is -2.79. The number of nitrogens with one attached hydrogen (secondary N) is 1. The molecule has 5 heteroatoms. The summed E-state index contributed by atoms with van der Waals surface area (Å²) in [6, 6.07) is 8.94. The van der Waals surface area contributed by atoms with Crippen molar-refractivity contribution in [2.45, 2.75) is 6.54 Å². The predicted molar refractivity (Wildman–Crippen MR) is 59.7 cm³/mol. The average molecular weight is 224 g/mol. The monoisotopic (exact) mass is 224 g/mol. The Bertz CT molecular complexity index is 590. The Morgan fingerprint density at radius 2 is 2.06 bits per heavy atom. The molecule has 0 fully saturated rings. The zero-order valence-corrected chi connectivity index (χ0v) is 8.84. The molecule has 0 amide bonds. The maximum absolute atomic E-state index is 8.87. The first-order chi connectivity index (χ1) is 8.33. The Labute approximate surface area is 97.9 Å². The van der Waals surface area contributed by atoms with Crippen LogP contribution >= 0.6 is 0 Å². The summed E-state index contributed by atoms with van der Waals surface area (Å²) >= 11 is 0. The molecular formula is C12H8N4O. The van der Waals surface area contributed by atoms with Gasteiger partial charge < -0.3 is 9.73 Å². The average Bonchev–Trinajstić information content (AvgIpc) is 2.89. The van der Waals surface area contributed by atoms with E-state index < -0.39 is 0 Å². The molecule has 0 aliphatic rings. The number of hydrogen-bond donors (Lipinski definition) is 1. The SMILES string of the molecule is N#Cc1ccc(NCc2cnco2)cc1C#N. The first-order valence-electron chi connectivity index (χ1n) is 4.89. The summed E-state index contributed by atoms with van der Waals surface area (Å²) in [4.78, 5) is 3.79. The van der Waals surface area contributed by atoms with Crippen molar-refractivity contribution in [1.29, 1.82) is 10.5 Å². The summed E-state index contributed by atoms with van der Waals surface area (Å²) in [5.74, 6) is 0.702. The van der Waals surface area contributed by atoms with Gasteiger partial charge in [-0.3, -0.25) is 0 Å². The van der Waals surface area contributed by atoms with Crippen LogP contribution in [0.2, 0.25) is 0 Å². The molecule has 1 aromatic heterocycles. The minimum Gasteiger partial charge on any atom is -0.447 e. The van der Waals surface area contributed by atoms with E-state index >= 15 is 0 Å². The Balaban J connectivity index is 2.13. The van der Waals surface area contributed by atoms with Gasteiger partial charge in [-0.25, -0.2) is 4.98 Å². The highest BCUT2D eigenvalue weighted by Crippen LogP contribution is 2.15. The van der Waals surface area contributed by atoms with Gasteiger partial charge in [0, 0.05) is 5.69 Å². The normalized spacial score (nSPS) is 9.29. The van der Waals surface area contributed by atoms with E-state index in [1.165, 1.54) is 6.39 Å². The van der Waals surface area contributed by atoms with E-state index in [1.54, 1.807) is 24.4 Å². The van der Waals surface area contributed by atoms with E-state index in [1.807, 2.05) is 12.1 Å². The molecule has 0 aliphatic heterocycles. The molecule has 0 unspecified atom stereocenters. The van der Waals surface area contributed by atoms with Crippen molar-refractivity contribution in [2.24, 2.45) is 0 Å². The molecule has 0 saturated carbocycles. The third kappa shape index (κ3) is 2.42. The van der Waals surface area contributed by atoms with Gasteiger partial charge in [0.25, 0.3) is 0 Å². The number of nitriles is 2. The first kappa shape index (κ1) is 10.7. The van der Waals surface area contributed by atoms with E-state index in [-0.39, 0.29) is 0 Å². The highest BCUT2D eigenvalue weighted by Gasteiger charge is 2.03. The van der Waals surface area contributed by atoms with Crippen LogP contribution in [0, 0.1) is 22.7 Å². The van der Waals surface area contributed by atoms with Gasteiger partial charge in [-0.05, 0) is 18.2 Å². The van der Waals surface area contributed by atoms with Gasteiger partial charge in [0.1, 0.15) is 17.9 Å². The topological polar surface area (TPSA) is 85.6 Å². The smallest absolute Gasteiger partial charge is 0.180 e. The van der Waals surface area contributed by atoms with Crippen molar-refractivity contribution in [3.05, 3.63) is 47.7 Å². The molecule has 1 aromatic carbocycles. The lowest BCUT2D eigenvalue weighted by Crippen LogP contribution is -1.99. The van der Waals surface area contributed by atoms with E-state index in [0.29, 0.717) is 23.4 Å². The van der Waals surface area contributed by atoms with Crippen LogP contribution < -0.4 is 5.32 Å². The highest BCUT2D eigenvalue weighted by atomic mass is 16.3.